The van der Waals surface area contributed by atoms with Crippen LogP contribution in [0.25, 0.3) is 0 Å². The summed E-state index contributed by atoms with van der Waals surface area (Å²) in [4.78, 5) is 11.4. The zero-order valence-corrected chi connectivity index (χ0v) is 12.1. The van der Waals surface area contributed by atoms with E-state index >= 15 is 0 Å². The summed E-state index contributed by atoms with van der Waals surface area (Å²) in [6, 6.07) is 11.0. The van der Waals surface area contributed by atoms with Crippen molar-refractivity contribution in [1.29, 1.82) is 0 Å². The maximum Gasteiger partial charge on any atom is 0.373 e. The van der Waals surface area contributed by atoms with Gasteiger partial charge in [0.2, 0.25) is 5.76 Å². The molecular weight excluding hydrogens is 278 g/mol. The third kappa shape index (κ3) is 3.40. The molecule has 0 amide bonds. The summed E-state index contributed by atoms with van der Waals surface area (Å²) in [5, 5.41) is 3.87. The second-order valence-corrected chi connectivity index (χ2v) is 4.81. The van der Waals surface area contributed by atoms with Crippen LogP contribution in [0.4, 0.5) is 0 Å². The normalized spacial score (nSPS) is 12.2. The topological polar surface area (TPSA) is 51.5 Å². The first kappa shape index (κ1) is 14.6. The lowest BCUT2D eigenvalue weighted by Gasteiger charge is -2.13. The van der Waals surface area contributed by atoms with Crippen molar-refractivity contribution in [2.24, 2.45) is 0 Å². The smallest absolute Gasteiger partial charge is 0.373 e. The minimum absolute atomic E-state index is 0.0353. The lowest BCUT2D eigenvalue weighted by atomic mass is 10.0. The molecule has 1 unspecified atom stereocenters. The molecule has 5 heteroatoms. The average Bonchev–Trinajstić information content (AvgIpc) is 2.93. The molecule has 0 aliphatic heterocycles. The molecule has 2 rings (SSSR count). The van der Waals surface area contributed by atoms with Crippen LogP contribution < -0.4 is 5.32 Å². The molecule has 0 fully saturated rings. The van der Waals surface area contributed by atoms with Crippen molar-refractivity contribution in [3.05, 3.63) is 58.5 Å². The van der Waals surface area contributed by atoms with Crippen LogP contribution >= 0.6 is 11.6 Å². The number of carbonyl (C=O) groups excluding carboxylic acids is 1. The van der Waals surface area contributed by atoms with E-state index in [2.05, 4.69) is 10.1 Å². The fourth-order valence-electron chi connectivity index (χ4n) is 1.99. The highest BCUT2D eigenvalue weighted by molar-refractivity contribution is 6.30. The van der Waals surface area contributed by atoms with Crippen LogP contribution in [0.3, 0.4) is 0 Å². The van der Waals surface area contributed by atoms with E-state index in [0.29, 0.717) is 17.2 Å². The number of esters is 1. The molecule has 0 aliphatic rings. The van der Waals surface area contributed by atoms with Crippen molar-refractivity contribution in [3.8, 4) is 0 Å². The van der Waals surface area contributed by atoms with Gasteiger partial charge in [0.25, 0.3) is 0 Å². The lowest BCUT2D eigenvalue weighted by Crippen LogP contribution is -2.18. The number of halogens is 1. The summed E-state index contributed by atoms with van der Waals surface area (Å²) < 4.78 is 10.1. The number of hydrogen-bond acceptors (Lipinski definition) is 4. The minimum Gasteiger partial charge on any atom is -0.463 e. The summed E-state index contributed by atoms with van der Waals surface area (Å²) in [6.45, 7) is 0. The zero-order valence-electron chi connectivity index (χ0n) is 11.4. The highest BCUT2D eigenvalue weighted by Crippen LogP contribution is 2.22. The average molecular weight is 294 g/mol. The molecule has 0 saturated carbocycles. The molecule has 0 bridgehead atoms. The van der Waals surface area contributed by atoms with E-state index in [0.717, 1.165) is 5.56 Å². The number of methoxy groups -OCH3 is 1. The Balaban J connectivity index is 2.16. The van der Waals surface area contributed by atoms with E-state index in [4.69, 9.17) is 16.0 Å². The van der Waals surface area contributed by atoms with E-state index in [1.165, 1.54) is 7.11 Å². The number of rotatable bonds is 5. The van der Waals surface area contributed by atoms with E-state index in [-0.39, 0.29) is 11.8 Å². The number of benzene rings is 1. The van der Waals surface area contributed by atoms with E-state index in [1.54, 1.807) is 12.1 Å². The molecule has 20 heavy (non-hydrogen) atoms. The quantitative estimate of drug-likeness (QED) is 0.860. The minimum atomic E-state index is -0.478. The van der Waals surface area contributed by atoms with Crippen molar-refractivity contribution in [2.75, 3.05) is 14.2 Å². The van der Waals surface area contributed by atoms with Crippen LogP contribution in [-0.4, -0.2) is 20.1 Å². The Morgan fingerprint density at radius 3 is 2.85 bits per heavy atom. The Kier molecular flexibility index (Phi) is 4.82. The highest BCUT2D eigenvalue weighted by Gasteiger charge is 2.17. The van der Waals surface area contributed by atoms with Gasteiger partial charge in [0.15, 0.2) is 0 Å². The number of carbonyl (C=O) groups is 1. The SMILES string of the molecule is CNC(Cc1cccc(Cl)c1)c1ccc(C(=O)OC)o1. The van der Waals surface area contributed by atoms with Crippen molar-refractivity contribution >= 4 is 17.6 Å². The Morgan fingerprint density at radius 2 is 2.20 bits per heavy atom. The van der Waals surface area contributed by atoms with Crippen LogP contribution in [0, 0.1) is 0 Å². The molecule has 1 atom stereocenters. The van der Waals surface area contributed by atoms with Crippen molar-refractivity contribution < 1.29 is 13.9 Å². The van der Waals surface area contributed by atoms with Gasteiger partial charge in [-0.3, -0.25) is 0 Å². The van der Waals surface area contributed by atoms with Gasteiger partial charge in [0, 0.05) is 5.02 Å². The van der Waals surface area contributed by atoms with Gasteiger partial charge in [-0.05, 0) is 43.3 Å². The molecule has 1 heterocycles. The molecule has 1 aromatic heterocycles. The largest absolute Gasteiger partial charge is 0.463 e. The summed E-state index contributed by atoms with van der Waals surface area (Å²) in [7, 11) is 3.17. The van der Waals surface area contributed by atoms with Crippen LogP contribution in [0.1, 0.15) is 27.9 Å². The Hall–Kier alpha value is -1.78. The van der Waals surface area contributed by atoms with Gasteiger partial charge < -0.3 is 14.5 Å². The third-order valence-corrected chi connectivity index (χ3v) is 3.27. The molecule has 0 aliphatic carbocycles. The highest BCUT2D eigenvalue weighted by atomic mass is 35.5. The number of ether oxygens (including phenoxy) is 1. The fourth-order valence-corrected chi connectivity index (χ4v) is 2.21. The van der Waals surface area contributed by atoms with Crippen molar-refractivity contribution in [2.45, 2.75) is 12.5 Å². The van der Waals surface area contributed by atoms with E-state index in [9.17, 15) is 4.79 Å². The first-order chi connectivity index (χ1) is 9.63. The predicted molar refractivity (Wildman–Crippen MR) is 77.0 cm³/mol. The number of furan rings is 1. The van der Waals surface area contributed by atoms with Crippen molar-refractivity contribution in [1.82, 2.24) is 5.32 Å². The van der Waals surface area contributed by atoms with Gasteiger partial charge in [0.1, 0.15) is 5.76 Å². The molecule has 106 valence electrons. The van der Waals surface area contributed by atoms with Gasteiger partial charge in [-0.2, -0.15) is 0 Å². The summed E-state index contributed by atoms with van der Waals surface area (Å²) in [5.74, 6) is 0.413. The molecule has 0 saturated heterocycles. The molecule has 1 N–H and O–H groups in total. The van der Waals surface area contributed by atoms with Crippen LogP contribution in [0.15, 0.2) is 40.8 Å². The summed E-state index contributed by atoms with van der Waals surface area (Å²) >= 11 is 5.98. The molecular formula is C15H16ClNO3. The van der Waals surface area contributed by atoms with Gasteiger partial charge >= 0.3 is 5.97 Å². The molecule has 4 nitrogen and oxygen atoms in total. The maximum absolute atomic E-state index is 11.4. The van der Waals surface area contributed by atoms with Crippen LogP contribution in [0.5, 0.6) is 0 Å². The Bertz CT molecular complexity index is 594. The molecule has 0 spiro atoms. The van der Waals surface area contributed by atoms with Crippen LogP contribution in [0.2, 0.25) is 5.02 Å². The predicted octanol–water partition coefficient (Wildman–Crippen LogP) is 3.22. The van der Waals surface area contributed by atoms with Crippen LogP contribution in [-0.2, 0) is 11.2 Å². The zero-order chi connectivity index (χ0) is 14.5. The molecule has 2 aromatic rings. The van der Waals surface area contributed by atoms with Gasteiger partial charge in [-0.1, -0.05) is 23.7 Å². The van der Waals surface area contributed by atoms with Gasteiger partial charge in [-0.15, -0.1) is 0 Å². The lowest BCUT2D eigenvalue weighted by molar-refractivity contribution is 0.0562. The van der Waals surface area contributed by atoms with E-state index in [1.807, 2.05) is 31.3 Å². The van der Waals surface area contributed by atoms with E-state index < -0.39 is 5.97 Å². The summed E-state index contributed by atoms with van der Waals surface area (Å²) in [6.07, 6.45) is 0.713. The second-order valence-electron chi connectivity index (χ2n) is 4.37. The molecule has 0 radical (unpaired) electrons. The van der Waals surface area contributed by atoms with Gasteiger partial charge in [0.05, 0.1) is 13.2 Å². The number of nitrogens with one attached hydrogen (secondary N) is 1. The summed E-state index contributed by atoms with van der Waals surface area (Å²) in [5.41, 5.74) is 1.09. The third-order valence-electron chi connectivity index (χ3n) is 3.03. The first-order valence-electron chi connectivity index (χ1n) is 6.23. The molecule has 1 aromatic carbocycles. The number of likely N-dealkylation sites (N-methyl/N-ethyl adjacent to an activating group) is 1. The Morgan fingerprint density at radius 1 is 1.40 bits per heavy atom. The fraction of sp³-hybridized carbons (Fsp3) is 0.267. The van der Waals surface area contributed by atoms with Crippen molar-refractivity contribution in [3.63, 3.8) is 0 Å². The Labute approximate surface area is 122 Å². The first-order valence-corrected chi connectivity index (χ1v) is 6.61. The second kappa shape index (κ2) is 6.59. The maximum atomic E-state index is 11.4. The van der Waals surface area contributed by atoms with Gasteiger partial charge in [-0.25, -0.2) is 4.79 Å². The number of hydrogen-bond donors (Lipinski definition) is 1. The monoisotopic (exact) mass is 293 g/mol. The standard InChI is InChI=1S/C15H16ClNO3/c1-17-12(9-10-4-3-5-11(16)8-10)13-6-7-14(20-13)15(18)19-2/h3-8,12,17H,9H2,1-2H3.